The lowest BCUT2D eigenvalue weighted by Crippen LogP contribution is -1.97. The first-order chi connectivity index (χ1) is 4.75. The van der Waals surface area contributed by atoms with Crippen LogP contribution in [-0.2, 0) is 6.67 Å². The third-order valence-corrected chi connectivity index (χ3v) is 1.37. The molecule has 0 fully saturated rings. The van der Waals surface area contributed by atoms with E-state index >= 15 is 0 Å². The number of rotatable bonds is 1. The van der Waals surface area contributed by atoms with Crippen LogP contribution in [0.15, 0.2) is 18.2 Å². The lowest BCUT2D eigenvalue weighted by molar-refractivity contribution is 0.486. The Morgan fingerprint density at radius 2 is 2.00 bits per heavy atom. The Morgan fingerprint density at radius 1 is 1.30 bits per heavy atom. The summed E-state index contributed by atoms with van der Waals surface area (Å²) in [6.45, 7) is -0.559. The highest BCUT2D eigenvalue weighted by molar-refractivity contribution is 5.66. The van der Waals surface area contributed by atoms with Crippen molar-refractivity contribution >= 4 is 11.4 Å². The van der Waals surface area contributed by atoms with Gasteiger partial charge in [-0.3, -0.25) is 0 Å². The van der Waals surface area contributed by atoms with Crippen molar-refractivity contribution in [1.82, 2.24) is 0 Å². The first kappa shape index (κ1) is 6.86. The molecule has 0 bridgehead atoms. The third kappa shape index (κ3) is 1.03. The topological polar surface area (TPSA) is 52.0 Å². The maximum Gasteiger partial charge on any atom is 0.117 e. The molecule has 0 aromatic heterocycles. The molecule has 0 heterocycles. The van der Waals surface area contributed by atoms with E-state index in [-0.39, 0.29) is 0 Å². The monoisotopic (exact) mass is 140 g/mol. The summed E-state index contributed by atoms with van der Waals surface area (Å²) in [4.78, 5) is 0. The van der Waals surface area contributed by atoms with Crippen LogP contribution in [0.3, 0.4) is 0 Å². The molecule has 3 heteroatoms. The Labute approximate surface area is 58.6 Å². The number of hydrogen-bond donors (Lipinski definition) is 2. The van der Waals surface area contributed by atoms with Crippen LogP contribution in [0.5, 0.6) is 0 Å². The van der Waals surface area contributed by atoms with Crippen molar-refractivity contribution in [1.29, 1.82) is 0 Å². The Bertz CT molecular complexity index is 235. The normalized spacial score (nSPS) is 9.70. The molecule has 0 saturated carbocycles. The Morgan fingerprint density at radius 3 is 2.50 bits per heavy atom. The zero-order valence-corrected chi connectivity index (χ0v) is 5.47. The molecule has 0 aliphatic rings. The van der Waals surface area contributed by atoms with Crippen molar-refractivity contribution in [2.45, 2.75) is 6.67 Å². The Kier molecular flexibility index (Phi) is 1.76. The van der Waals surface area contributed by atoms with Crippen LogP contribution in [0.25, 0.3) is 0 Å². The van der Waals surface area contributed by atoms with Gasteiger partial charge in [0.25, 0.3) is 0 Å². The summed E-state index contributed by atoms with van der Waals surface area (Å²) in [6, 6.07) is 4.95. The van der Waals surface area contributed by atoms with Gasteiger partial charge in [0.1, 0.15) is 6.67 Å². The average molecular weight is 140 g/mol. The van der Waals surface area contributed by atoms with Crippen LogP contribution in [0.1, 0.15) is 5.56 Å². The van der Waals surface area contributed by atoms with Gasteiger partial charge in [0.05, 0.1) is 11.4 Å². The van der Waals surface area contributed by atoms with E-state index in [0.29, 0.717) is 16.9 Å². The highest BCUT2D eigenvalue weighted by Crippen LogP contribution is 2.19. The fourth-order valence-electron chi connectivity index (χ4n) is 0.749. The zero-order chi connectivity index (χ0) is 7.56. The van der Waals surface area contributed by atoms with Gasteiger partial charge in [-0.05, 0) is 6.07 Å². The predicted octanol–water partition coefficient (Wildman–Crippen LogP) is 1.32. The number of nitrogens with two attached hydrogens (primary N) is 2. The SMILES string of the molecule is Nc1cccc(CF)c1N. The largest absolute Gasteiger partial charge is 0.397 e. The molecular formula is C7H9FN2. The highest BCUT2D eigenvalue weighted by Gasteiger charge is 1.99. The van der Waals surface area contributed by atoms with Crippen molar-refractivity contribution in [3.8, 4) is 0 Å². The first-order valence-corrected chi connectivity index (χ1v) is 2.94. The number of anilines is 2. The number of para-hydroxylation sites is 1. The van der Waals surface area contributed by atoms with Gasteiger partial charge in [-0.25, -0.2) is 4.39 Å². The molecule has 0 unspecified atom stereocenters. The van der Waals surface area contributed by atoms with Gasteiger partial charge >= 0.3 is 0 Å². The molecule has 0 aliphatic heterocycles. The van der Waals surface area contributed by atoms with Gasteiger partial charge in [0.2, 0.25) is 0 Å². The van der Waals surface area contributed by atoms with Gasteiger partial charge in [-0.2, -0.15) is 0 Å². The standard InChI is InChI=1S/C7H9FN2/c8-4-5-2-1-3-6(9)7(5)10/h1-3H,4,9-10H2. The average Bonchev–Trinajstić information content (AvgIpc) is 1.95. The van der Waals surface area contributed by atoms with Crippen LogP contribution >= 0.6 is 0 Å². The molecule has 0 amide bonds. The summed E-state index contributed by atoms with van der Waals surface area (Å²) in [5.74, 6) is 0. The van der Waals surface area contributed by atoms with E-state index in [0.717, 1.165) is 0 Å². The minimum atomic E-state index is -0.559. The second kappa shape index (κ2) is 2.56. The van der Waals surface area contributed by atoms with Gasteiger partial charge < -0.3 is 11.5 Å². The number of benzene rings is 1. The van der Waals surface area contributed by atoms with E-state index in [1.807, 2.05) is 0 Å². The summed E-state index contributed by atoms with van der Waals surface area (Å²) in [6.07, 6.45) is 0. The number of nitrogen functional groups attached to an aromatic ring is 2. The zero-order valence-electron chi connectivity index (χ0n) is 5.47. The molecule has 1 rings (SSSR count). The van der Waals surface area contributed by atoms with Crippen LogP contribution in [-0.4, -0.2) is 0 Å². The molecule has 10 heavy (non-hydrogen) atoms. The molecule has 54 valence electrons. The number of alkyl halides is 1. The van der Waals surface area contributed by atoms with Gasteiger partial charge in [0, 0.05) is 5.56 Å². The summed E-state index contributed by atoms with van der Waals surface area (Å²) >= 11 is 0. The van der Waals surface area contributed by atoms with Crippen molar-refractivity contribution < 1.29 is 4.39 Å². The fraction of sp³-hybridized carbons (Fsp3) is 0.143. The molecule has 0 atom stereocenters. The maximum absolute atomic E-state index is 12.0. The minimum absolute atomic E-state index is 0.352. The van der Waals surface area contributed by atoms with E-state index in [9.17, 15) is 4.39 Å². The molecule has 2 nitrogen and oxygen atoms in total. The van der Waals surface area contributed by atoms with E-state index in [2.05, 4.69) is 0 Å². The van der Waals surface area contributed by atoms with Crippen LogP contribution in [0.2, 0.25) is 0 Å². The molecular weight excluding hydrogens is 131 g/mol. The van der Waals surface area contributed by atoms with Crippen LogP contribution in [0, 0.1) is 0 Å². The molecule has 0 spiro atoms. The fourth-order valence-corrected chi connectivity index (χ4v) is 0.749. The quantitative estimate of drug-likeness (QED) is 0.578. The summed E-state index contributed by atoms with van der Waals surface area (Å²) in [5.41, 5.74) is 12.1. The van der Waals surface area contributed by atoms with Crippen molar-refractivity contribution in [2.24, 2.45) is 0 Å². The lowest BCUT2D eigenvalue weighted by Gasteiger charge is -2.02. The molecule has 4 N–H and O–H groups in total. The maximum atomic E-state index is 12.0. The third-order valence-electron chi connectivity index (χ3n) is 1.37. The van der Waals surface area contributed by atoms with E-state index in [1.54, 1.807) is 18.2 Å². The molecule has 1 aromatic rings. The lowest BCUT2D eigenvalue weighted by atomic mass is 10.2. The van der Waals surface area contributed by atoms with Crippen molar-refractivity contribution in [3.05, 3.63) is 23.8 Å². The van der Waals surface area contributed by atoms with E-state index in [1.165, 1.54) is 0 Å². The first-order valence-electron chi connectivity index (χ1n) is 2.94. The van der Waals surface area contributed by atoms with Gasteiger partial charge in [0.15, 0.2) is 0 Å². The second-order valence-electron chi connectivity index (χ2n) is 2.05. The van der Waals surface area contributed by atoms with Gasteiger partial charge in [-0.15, -0.1) is 0 Å². The Balaban J connectivity index is 3.14. The summed E-state index contributed by atoms with van der Waals surface area (Å²) in [7, 11) is 0. The second-order valence-corrected chi connectivity index (χ2v) is 2.05. The smallest absolute Gasteiger partial charge is 0.117 e. The summed E-state index contributed by atoms with van der Waals surface area (Å²) < 4.78 is 12.0. The van der Waals surface area contributed by atoms with Crippen molar-refractivity contribution in [3.63, 3.8) is 0 Å². The van der Waals surface area contributed by atoms with E-state index < -0.39 is 6.67 Å². The molecule has 0 aliphatic carbocycles. The van der Waals surface area contributed by atoms with E-state index in [4.69, 9.17) is 11.5 Å². The van der Waals surface area contributed by atoms with Crippen LogP contribution in [0.4, 0.5) is 15.8 Å². The number of hydrogen-bond acceptors (Lipinski definition) is 2. The van der Waals surface area contributed by atoms with Gasteiger partial charge in [-0.1, -0.05) is 12.1 Å². The predicted molar refractivity (Wildman–Crippen MR) is 40.1 cm³/mol. The molecule has 1 aromatic carbocycles. The number of halogens is 1. The molecule has 0 saturated heterocycles. The molecule has 0 radical (unpaired) electrons. The van der Waals surface area contributed by atoms with Crippen molar-refractivity contribution in [2.75, 3.05) is 11.5 Å². The summed E-state index contributed by atoms with van der Waals surface area (Å²) in [5, 5.41) is 0. The highest BCUT2D eigenvalue weighted by atomic mass is 19.1. The van der Waals surface area contributed by atoms with Crippen LogP contribution < -0.4 is 11.5 Å². The Hall–Kier alpha value is -1.25. The minimum Gasteiger partial charge on any atom is -0.397 e.